The highest BCUT2D eigenvalue weighted by Gasteiger charge is 2.29. The van der Waals surface area contributed by atoms with E-state index in [0.29, 0.717) is 29.0 Å². The summed E-state index contributed by atoms with van der Waals surface area (Å²) in [6, 6.07) is 9.75. The summed E-state index contributed by atoms with van der Waals surface area (Å²) in [5.41, 5.74) is 3.92. The fourth-order valence-corrected chi connectivity index (χ4v) is 4.62. The first-order valence-corrected chi connectivity index (χ1v) is 11.3. The number of pyridine rings is 1. The van der Waals surface area contributed by atoms with Crippen molar-refractivity contribution >= 4 is 22.6 Å². The Morgan fingerprint density at radius 1 is 1.09 bits per heavy atom. The molecule has 0 saturated heterocycles. The molecule has 9 nitrogen and oxygen atoms in total. The summed E-state index contributed by atoms with van der Waals surface area (Å²) in [6.07, 6.45) is 10.0. The molecular formula is C23H24N8O. The van der Waals surface area contributed by atoms with Gasteiger partial charge in [0.2, 0.25) is 5.82 Å². The molecule has 6 rings (SSSR count). The number of nitrogens with one attached hydrogen (secondary N) is 2. The van der Waals surface area contributed by atoms with Crippen LogP contribution < -0.4 is 5.32 Å². The normalized spacial score (nSPS) is 17.0. The number of rotatable bonds is 5. The number of nitrogens with zero attached hydrogens (tertiary/aromatic N) is 6. The predicted molar refractivity (Wildman–Crippen MR) is 119 cm³/mol. The lowest BCUT2D eigenvalue weighted by Crippen LogP contribution is -2.16. The molecule has 2 fully saturated rings. The lowest BCUT2D eigenvalue weighted by Gasteiger charge is -2.22. The fourth-order valence-electron chi connectivity index (χ4n) is 4.62. The third-order valence-electron chi connectivity index (χ3n) is 6.47. The second-order valence-corrected chi connectivity index (χ2v) is 8.76. The molecule has 0 spiro atoms. The summed E-state index contributed by atoms with van der Waals surface area (Å²) < 4.78 is 2.06. The minimum atomic E-state index is -0.159. The molecule has 0 aliphatic heterocycles. The van der Waals surface area contributed by atoms with Gasteiger partial charge >= 0.3 is 0 Å². The van der Waals surface area contributed by atoms with E-state index in [2.05, 4.69) is 35.7 Å². The third kappa shape index (κ3) is 3.53. The van der Waals surface area contributed by atoms with Crippen LogP contribution >= 0.6 is 0 Å². The van der Waals surface area contributed by atoms with Gasteiger partial charge in [-0.05, 0) is 49.1 Å². The number of tetrazole rings is 1. The number of aromatic nitrogens is 7. The number of amides is 1. The Labute approximate surface area is 184 Å². The number of carbonyl (C=O) groups is 1. The second-order valence-electron chi connectivity index (χ2n) is 8.76. The molecule has 32 heavy (non-hydrogen) atoms. The Morgan fingerprint density at radius 2 is 1.97 bits per heavy atom. The van der Waals surface area contributed by atoms with E-state index < -0.39 is 0 Å². The standard InChI is InChI=1S/C23H24N8O/c32-23(25-16-6-4-5-15(11-16)21-27-29-30-28-21)18-12-20(14-9-10-14)26-22-19(18)13-24-31(22)17-7-2-1-3-8-17/h4-6,11-14,17H,1-3,7-10H2,(H,25,32)(H,27,28,29,30). The van der Waals surface area contributed by atoms with Gasteiger partial charge in [0.1, 0.15) is 0 Å². The van der Waals surface area contributed by atoms with Crippen LogP contribution in [0.25, 0.3) is 22.4 Å². The van der Waals surface area contributed by atoms with E-state index in [0.717, 1.165) is 48.0 Å². The van der Waals surface area contributed by atoms with E-state index >= 15 is 0 Å². The van der Waals surface area contributed by atoms with Crippen LogP contribution in [0.5, 0.6) is 0 Å². The Bertz CT molecular complexity index is 1270. The van der Waals surface area contributed by atoms with Crippen LogP contribution in [-0.2, 0) is 0 Å². The smallest absolute Gasteiger partial charge is 0.256 e. The summed E-state index contributed by atoms with van der Waals surface area (Å²) in [5.74, 6) is 0.771. The largest absolute Gasteiger partial charge is 0.322 e. The number of benzene rings is 1. The van der Waals surface area contributed by atoms with Crippen molar-refractivity contribution in [2.75, 3.05) is 5.32 Å². The van der Waals surface area contributed by atoms with E-state index in [-0.39, 0.29) is 5.91 Å². The molecule has 0 atom stereocenters. The quantitative estimate of drug-likeness (QED) is 0.491. The number of fused-ring (bicyclic) bond motifs is 1. The van der Waals surface area contributed by atoms with Crippen LogP contribution in [0.1, 0.15) is 73.0 Å². The second kappa shape index (κ2) is 7.81. The van der Waals surface area contributed by atoms with Gasteiger partial charge in [0, 0.05) is 22.9 Å². The monoisotopic (exact) mass is 428 g/mol. The van der Waals surface area contributed by atoms with Crippen molar-refractivity contribution in [3.8, 4) is 11.4 Å². The average Bonchev–Trinajstić information content (AvgIpc) is 3.36. The Kier molecular flexibility index (Phi) is 4.66. The molecule has 2 saturated carbocycles. The van der Waals surface area contributed by atoms with E-state index in [1.54, 1.807) is 6.20 Å². The number of anilines is 1. The van der Waals surface area contributed by atoms with Crippen LogP contribution in [0.15, 0.2) is 36.5 Å². The molecule has 2 aliphatic rings. The first-order chi connectivity index (χ1) is 15.8. The van der Waals surface area contributed by atoms with Crippen molar-refractivity contribution in [2.24, 2.45) is 0 Å². The highest BCUT2D eigenvalue weighted by atomic mass is 16.1. The highest BCUT2D eigenvalue weighted by Crippen LogP contribution is 2.41. The zero-order valence-corrected chi connectivity index (χ0v) is 17.7. The predicted octanol–water partition coefficient (Wildman–Crippen LogP) is 4.25. The molecule has 3 aromatic heterocycles. The van der Waals surface area contributed by atoms with Gasteiger partial charge in [-0.3, -0.25) is 4.79 Å². The number of hydrogen-bond acceptors (Lipinski definition) is 6. The number of carbonyl (C=O) groups excluding carboxylic acids is 1. The molecule has 9 heteroatoms. The van der Waals surface area contributed by atoms with Crippen molar-refractivity contribution in [1.82, 2.24) is 35.4 Å². The van der Waals surface area contributed by atoms with Crippen LogP contribution in [0.2, 0.25) is 0 Å². The van der Waals surface area contributed by atoms with Crippen molar-refractivity contribution in [1.29, 1.82) is 0 Å². The fraction of sp³-hybridized carbons (Fsp3) is 0.391. The first-order valence-electron chi connectivity index (χ1n) is 11.3. The molecule has 1 amide bonds. The SMILES string of the molecule is O=C(Nc1cccc(-c2nn[nH]n2)c1)c1cc(C2CC2)nc2c1cnn2C1CCCCC1. The molecule has 0 bridgehead atoms. The third-order valence-corrected chi connectivity index (χ3v) is 6.47. The number of H-pyrrole nitrogens is 1. The van der Waals surface area contributed by atoms with Crippen molar-refractivity contribution < 1.29 is 4.79 Å². The molecule has 162 valence electrons. The van der Waals surface area contributed by atoms with E-state index in [9.17, 15) is 4.79 Å². The number of hydrogen-bond donors (Lipinski definition) is 2. The van der Waals surface area contributed by atoms with Crippen LogP contribution in [0.3, 0.4) is 0 Å². The summed E-state index contributed by atoms with van der Waals surface area (Å²) >= 11 is 0. The van der Waals surface area contributed by atoms with Crippen LogP contribution in [0, 0.1) is 0 Å². The summed E-state index contributed by atoms with van der Waals surface area (Å²) in [4.78, 5) is 18.3. The molecule has 4 aromatic rings. The van der Waals surface area contributed by atoms with Gasteiger partial charge in [-0.15, -0.1) is 10.2 Å². The van der Waals surface area contributed by atoms with Crippen molar-refractivity contribution in [3.63, 3.8) is 0 Å². The Morgan fingerprint density at radius 3 is 2.75 bits per heavy atom. The van der Waals surface area contributed by atoms with Crippen LogP contribution in [0.4, 0.5) is 5.69 Å². The molecule has 0 unspecified atom stereocenters. The minimum absolute atomic E-state index is 0.159. The Balaban J connectivity index is 1.36. The maximum atomic E-state index is 13.4. The van der Waals surface area contributed by atoms with Crippen molar-refractivity contribution in [3.05, 3.63) is 47.8 Å². The zero-order chi connectivity index (χ0) is 21.5. The van der Waals surface area contributed by atoms with Gasteiger partial charge in [-0.2, -0.15) is 10.3 Å². The van der Waals surface area contributed by atoms with Gasteiger partial charge < -0.3 is 5.32 Å². The summed E-state index contributed by atoms with van der Waals surface area (Å²) in [6.45, 7) is 0. The Hall–Kier alpha value is -3.62. The molecular weight excluding hydrogens is 404 g/mol. The number of aromatic amines is 1. The molecule has 3 heterocycles. The van der Waals surface area contributed by atoms with Gasteiger partial charge in [-0.25, -0.2) is 9.67 Å². The maximum Gasteiger partial charge on any atom is 0.256 e. The lowest BCUT2D eigenvalue weighted by atomic mass is 9.95. The molecule has 2 aliphatic carbocycles. The van der Waals surface area contributed by atoms with Gasteiger partial charge in [0.15, 0.2) is 5.65 Å². The van der Waals surface area contributed by atoms with Gasteiger partial charge in [-0.1, -0.05) is 31.4 Å². The first kappa shape index (κ1) is 19.1. The lowest BCUT2D eigenvalue weighted by molar-refractivity contribution is 0.102. The van der Waals surface area contributed by atoms with Crippen molar-refractivity contribution in [2.45, 2.75) is 56.9 Å². The maximum absolute atomic E-state index is 13.4. The van der Waals surface area contributed by atoms with Gasteiger partial charge in [0.05, 0.1) is 23.2 Å². The van der Waals surface area contributed by atoms with E-state index in [4.69, 9.17) is 4.98 Å². The zero-order valence-electron chi connectivity index (χ0n) is 17.7. The minimum Gasteiger partial charge on any atom is -0.322 e. The summed E-state index contributed by atoms with van der Waals surface area (Å²) in [5, 5.41) is 22.6. The van der Waals surface area contributed by atoms with Crippen LogP contribution in [-0.4, -0.2) is 41.3 Å². The average molecular weight is 429 g/mol. The molecule has 1 aromatic carbocycles. The highest BCUT2D eigenvalue weighted by molar-refractivity contribution is 6.12. The topological polar surface area (TPSA) is 114 Å². The molecule has 2 N–H and O–H groups in total. The van der Waals surface area contributed by atoms with Gasteiger partial charge in [0.25, 0.3) is 5.91 Å². The summed E-state index contributed by atoms with van der Waals surface area (Å²) in [7, 11) is 0. The van der Waals surface area contributed by atoms with E-state index in [1.165, 1.54) is 19.3 Å². The van der Waals surface area contributed by atoms with E-state index in [1.807, 2.05) is 30.3 Å². The molecule has 0 radical (unpaired) electrons.